The smallest absolute Gasteiger partial charge is 0.310 e. The molecule has 1 atom stereocenters. The van der Waals surface area contributed by atoms with Crippen LogP contribution in [-0.2, 0) is 19.1 Å². The molecule has 0 bridgehead atoms. The highest BCUT2D eigenvalue weighted by atomic mass is 16.6. The third-order valence-electron chi connectivity index (χ3n) is 8.23. The number of hydrogen-bond acceptors (Lipinski definition) is 4. The predicted octanol–water partition coefficient (Wildman–Crippen LogP) is 12.6. The number of hydrogen-bond donors (Lipinski definition) is 0. The van der Waals surface area contributed by atoms with Crippen molar-refractivity contribution >= 4 is 11.9 Å². The molecule has 4 heteroatoms. The predicted molar refractivity (Wildman–Crippen MR) is 181 cm³/mol. The van der Waals surface area contributed by atoms with Crippen molar-refractivity contribution in [1.29, 1.82) is 0 Å². The van der Waals surface area contributed by atoms with Gasteiger partial charge in [-0.15, -0.1) is 0 Å². The lowest BCUT2D eigenvalue weighted by atomic mass is 10.0. The van der Waals surface area contributed by atoms with Crippen LogP contribution in [0.5, 0.6) is 0 Å². The topological polar surface area (TPSA) is 52.6 Å². The SMILES string of the molecule is CCCCCCCCCCCCCCCC(=O)OC(CCCCCCCCCCCCCCC)CC(=O)OC(C)(C)C. The molecule has 0 saturated heterocycles. The van der Waals surface area contributed by atoms with Crippen molar-refractivity contribution in [2.45, 2.75) is 233 Å². The van der Waals surface area contributed by atoms with Crippen LogP contribution in [0.1, 0.15) is 221 Å². The van der Waals surface area contributed by atoms with E-state index >= 15 is 0 Å². The molecule has 42 heavy (non-hydrogen) atoms. The molecule has 0 saturated carbocycles. The first-order valence-corrected chi connectivity index (χ1v) is 18.7. The first-order chi connectivity index (χ1) is 20.3. The zero-order chi connectivity index (χ0) is 31.2. The van der Waals surface area contributed by atoms with E-state index in [1.807, 2.05) is 20.8 Å². The van der Waals surface area contributed by atoms with Crippen LogP contribution in [0.3, 0.4) is 0 Å². The molecule has 4 nitrogen and oxygen atoms in total. The van der Waals surface area contributed by atoms with Crippen molar-refractivity contribution < 1.29 is 19.1 Å². The zero-order valence-electron chi connectivity index (χ0n) is 29.2. The van der Waals surface area contributed by atoms with E-state index in [1.165, 1.54) is 141 Å². The van der Waals surface area contributed by atoms with Crippen LogP contribution in [-0.4, -0.2) is 23.6 Å². The Labute approximate surface area is 263 Å². The Kier molecular flexibility index (Phi) is 29.2. The molecule has 250 valence electrons. The Morgan fingerprint density at radius 3 is 1.17 bits per heavy atom. The molecule has 0 aliphatic carbocycles. The summed E-state index contributed by atoms with van der Waals surface area (Å²) >= 11 is 0. The molecule has 0 aromatic rings. The molecule has 0 heterocycles. The Hall–Kier alpha value is -1.06. The second-order valence-electron chi connectivity index (χ2n) is 13.9. The van der Waals surface area contributed by atoms with Gasteiger partial charge in [0.25, 0.3) is 0 Å². The third kappa shape index (κ3) is 31.9. The fourth-order valence-electron chi connectivity index (χ4n) is 5.69. The summed E-state index contributed by atoms with van der Waals surface area (Å²) < 4.78 is 11.3. The van der Waals surface area contributed by atoms with Gasteiger partial charge in [-0.3, -0.25) is 9.59 Å². The van der Waals surface area contributed by atoms with Crippen molar-refractivity contribution in [2.75, 3.05) is 0 Å². The van der Waals surface area contributed by atoms with Gasteiger partial charge in [-0.1, -0.05) is 168 Å². The first kappa shape index (κ1) is 40.9. The van der Waals surface area contributed by atoms with Gasteiger partial charge in [0, 0.05) is 6.42 Å². The van der Waals surface area contributed by atoms with Gasteiger partial charge >= 0.3 is 11.9 Å². The third-order valence-corrected chi connectivity index (χ3v) is 8.23. The van der Waals surface area contributed by atoms with E-state index in [0.717, 1.165) is 32.1 Å². The quantitative estimate of drug-likeness (QED) is 0.0591. The molecule has 0 aliphatic heterocycles. The highest BCUT2D eigenvalue weighted by Crippen LogP contribution is 2.19. The normalized spacial score (nSPS) is 12.4. The molecule has 0 fully saturated rings. The number of esters is 2. The van der Waals surface area contributed by atoms with Crippen LogP contribution in [0.4, 0.5) is 0 Å². The van der Waals surface area contributed by atoms with Gasteiger partial charge in [-0.2, -0.15) is 0 Å². The van der Waals surface area contributed by atoms with Crippen LogP contribution in [0.15, 0.2) is 0 Å². The van der Waals surface area contributed by atoms with Crippen molar-refractivity contribution in [3.8, 4) is 0 Å². The van der Waals surface area contributed by atoms with Gasteiger partial charge in [0.2, 0.25) is 0 Å². The van der Waals surface area contributed by atoms with Crippen LogP contribution in [0.25, 0.3) is 0 Å². The molecule has 0 N–H and O–H groups in total. The molecule has 0 amide bonds. The molecular formula is C38H74O4. The molecule has 0 rings (SSSR count). The van der Waals surface area contributed by atoms with Gasteiger partial charge in [0.05, 0.1) is 6.42 Å². The monoisotopic (exact) mass is 595 g/mol. The zero-order valence-corrected chi connectivity index (χ0v) is 29.2. The minimum atomic E-state index is -0.518. The number of carbonyl (C=O) groups is 2. The molecule has 0 aromatic heterocycles. The summed E-state index contributed by atoms with van der Waals surface area (Å²) in [5.41, 5.74) is -0.518. The average Bonchev–Trinajstić information content (AvgIpc) is 2.92. The number of unbranched alkanes of at least 4 members (excludes halogenated alkanes) is 24. The lowest BCUT2D eigenvalue weighted by Crippen LogP contribution is -2.28. The summed E-state index contributed by atoms with van der Waals surface area (Å²) in [6.45, 7) is 10.2. The fourth-order valence-corrected chi connectivity index (χ4v) is 5.69. The van der Waals surface area contributed by atoms with E-state index in [1.54, 1.807) is 0 Å². The number of ether oxygens (including phenoxy) is 2. The fraction of sp³-hybridized carbons (Fsp3) is 0.947. The van der Waals surface area contributed by atoms with E-state index in [9.17, 15) is 9.59 Å². The van der Waals surface area contributed by atoms with E-state index in [2.05, 4.69) is 13.8 Å². The maximum Gasteiger partial charge on any atom is 0.310 e. The van der Waals surface area contributed by atoms with E-state index in [0.29, 0.717) is 6.42 Å². The molecule has 0 aliphatic rings. The lowest BCUT2D eigenvalue weighted by Gasteiger charge is -2.22. The largest absolute Gasteiger partial charge is 0.462 e. The molecule has 0 spiro atoms. The van der Waals surface area contributed by atoms with Gasteiger partial charge in [-0.05, 0) is 40.0 Å². The maximum absolute atomic E-state index is 12.6. The summed E-state index contributed by atoms with van der Waals surface area (Å²) in [6.07, 6.45) is 34.8. The summed E-state index contributed by atoms with van der Waals surface area (Å²) in [5.74, 6) is -0.419. The maximum atomic E-state index is 12.6. The van der Waals surface area contributed by atoms with E-state index in [-0.39, 0.29) is 24.5 Å². The highest BCUT2D eigenvalue weighted by Gasteiger charge is 2.23. The minimum Gasteiger partial charge on any atom is -0.462 e. The van der Waals surface area contributed by atoms with Crippen LogP contribution in [0, 0.1) is 0 Å². The molecule has 1 unspecified atom stereocenters. The Balaban J connectivity index is 4.03. The minimum absolute atomic E-state index is 0.152. The Morgan fingerprint density at radius 2 is 0.810 bits per heavy atom. The Bertz CT molecular complexity index is 594. The number of carbonyl (C=O) groups excluding carboxylic acids is 2. The van der Waals surface area contributed by atoms with E-state index in [4.69, 9.17) is 9.47 Å². The standard InChI is InChI=1S/C38H74O4/c1-6-8-10-12-14-16-18-20-22-24-26-28-30-32-35(34-37(40)42-38(3,4)5)41-36(39)33-31-29-27-25-23-21-19-17-15-13-11-9-7-2/h35H,6-34H2,1-5H3. The highest BCUT2D eigenvalue weighted by molar-refractivity contribution is 5.72. The first-order valence-electron chi connectivity index (χ1n) is 18.7. The lowest BCUT2D eigenvalue weighted by molar-refractivity contribution is -0.161. The van der Waals surface area contributed by atoms with Crippen molar-refractivity contribution in [3.05, 3.63) is 0 Å². The van der Waals surface area contributed by atoms with Gasteiger partial charge < -0.3 is 9.47 Å². The van der Waals surface area contributed by atoms with Gasteiger partial charge in [0.15, 0.2) is 0 Å². The van der Waals surface area contributed by atoms with Gasteiger partial charge in [0.1, 0.15) is 11.7 Å². The van der Waals surface area contributed by atoms with Crippen molar-refractivity contribution in [1.82, 2.24) is 0 Å². The van der Waals surface area contributed by atoms with Gasteiger partial charge in [-0.25, -0.2) is 0 Å². The number of rotatable bonds is 31. The van der Waals surface area contributed by atoms with Crippen LogP contribution in [0.2, 0.25) is 0 Å². The second-order valence-corrected chi connectivity index (χ2v) is 13.9. The molecular weight excluding hydrogens is 520 g/mol. The second kappa shape index (κ2) is 30.0. The summed E-state index contributed by atoms with van der Waals surface area (Å²) in [6, 6.07) is 0. The van der Waals surface area contributed by atoms with Crippen LogP contribution >= 0.6 is 0 Å². The molecule has 0 radical (unpaired) electrons. The summed E-state index contributed by atoms with van der Waals surface area (Å²) in [7, 11) is 0. The Morgan fingerprint density at radius 1 is 0.476 bits per heavy atom. The summed E-state index contributed by atoms with van der Waals surface area (Å²) in [5, 5.41) is 0. The van der Waals surface area contributed by atoms with Crippen LogP contribution < -0.4 is 0 Å². The van der Waals surface area contributed by atoms with Crippen molar-refractivity contribution in [2.24, 2.45) is 0 Å². The van der Waals surface area contributed by atoms with Crippen molar-refractivity contribution in [3.63, 3.8) is 0 Å². The average molecular weight is 595 g/mol. The summed E-state index contributed by atoms with van der Waals surface area (Å²) in [4.78, 5) is 25.0. The molecule has 0 aromatic carbocycles. The van der Waals surface area contributed by atoms with E-state index < -0.39 is 5.60 Å².